The van der Waals surface area contributed by atoms with Gasteiger partial charge in [0.05, 0.1) is 0 Å². The zero-order valence-electron chi connectivity index (χ0n) is 11.1. The molecule has 0 saturated carbocycles. The third-order valence-corrected chi connectivity index (χ3v) is 2.98. The number of ether oxygens (including phenoxy) is 1. The van der Waals surface area contributed by atoms with Crippen LogP contribution >= 0.6 is 0 Å². The first kappa shape index (κ1) is 14.9. The minimum atomic E-state index is 0.843. The number of nitrogens with zero attached hydrogens (tertiary/aromatic N) is 1. The molecule has 0 amide bonds. The molecule has 2 nitrogen and oxygen atoms in total. The summed E-state index contributed by atoms with van der Waals surface area (Å²) in [6.45, 7) is 10.8. The van der Waals surface area contributed by atoms with E-state index in [2.05, 4.69) is 32.7 Å². The fraction of sp³-hybridized carbons (Fsp3) is 1.00. The Morgan fingerprint density at radius 3 is 2.33 bits per heavy atom. The van der Waals surface area contributed by atoms with Crippen LogP contribution in [0.25, 0.3) is 0 Å². The van der Waals surface area contributed by atoms with Gasteiger partial charge < -0.3 is 9.64 Å². The Morgan fingerprint density at radius 1 is 1.07 bits per heavy atom. The summed E-state index contributed by atoms with van der Waals surface area (Å²) in [6.07, 6.45) is 5.09. The van der Waals surface area contributed by atoms with Gasteiger partial charge in [-0.2, -0.15) is 0 Å². The normalized spacial score (nSPS) is 13.4. The van der Waals surface area contributed by atoms with Gasteiger partial charge in [0.1, 0.15) is 0 Å². The lowest BCUT2D eigenvalue weighted by Gasteiger charge is -2.20. The number of rotatable bonds is 10. The fourth-order valence-electron chi connectivity index (χ4n) is 1.84. The van der Waals surface area contributed by atoms with E-state index in [9.17, 15) is 0 Å². The highest BCUT2D eigenvalue weighted by Crippen LogP contribution is 2.13. The fourth-order valence-corrected chi connectivity index (χ4v) is 1.84. The molecule has 2 heteroatoms. The van der Waals surface area contributed by atoms with Gasteiger partial charge in [0.25, 0.3) is 0 Å². The lowest BCUT2D eigenvalue weighted by Crippen LogP contribution is -2.22. The van der Waals surface area contributed by atoms with Crippen molar-refractivity contribution in [1.82, 2.24) is 4.90 Å². The average Bonchev–Trinajstić information content (AvgIpc) is 2.23. The molecule has 1 atom stereocenters. The van der Waals surface area contributed by atoms with Crippen LogP contribution < -0.4 is 0 Å². The van der Waals surface area contributed by atoms with Crippen LogP contribution in [-0.2, 0) is 4.74 Å². The second kappa shape index (κ2) is 10.4. The molecule has 0 saturated heterocycles. The Labute approximate surface area is 96.0 Å². The van der Waals surface area contributed by atoms with Crippen molar-refractivity contribution in [2.75, 3.05) is 33.4 Å². The van der Waals surface area contributed by atoms with Crippen molar-refractivity contribution in [3.63, 3.8) is 0 Å². The van der Waals surface area contributed by atoms with E-state index in [1.807, 2.05) is 0 Å². The molecule has 0 heterocycles. The van der Waals surface area contributed by atoms with E-state index < -0.39 is 0 Å². The molecule has 1 unspecified atom stereocenters. The third kappa shape index (κ3) is 8.88. The van der Waals surface area contributed by atoms with Crippen LogP contribution in [0.4, 0.5) is 0 Å². The van der Waals surface area contributed by atoms with Crippen molar-refractivity contribution in [1.29, 1.82) is 0 Å². The van der Waals surface area contributed by atoms with E-state index >= 15 is 0 Å². The molecular formula is C13H29NO. The van der Waals surface area contributed by atoms with Crippen LogP contribution in [0, 0.1) is 5.92 Å². The molecule has 0 aliphatic carbocycles. The molecule has 0 fully saturated rings. The van der Waals surface area contributed by atoms with Crippen LogP contribution in [0.1, 0.15) is 46.5 Å². The molecule has 0 radical (unpaired) electrons. The van der Waals surface area contributed by atoms with E-state index in [-0.39, 0.29) is 0 Å². The highest BCUT2D eigenvalue weighted by atomic mass is 16.5. The lowest BCUT2D eigenvalue weighted by atomic mass is 9.99. The van der Waals surface area contributed by atoms with Gasteiger partial charge in [-0.1, -0.05) is 20.3 Å². The van der Waals surface area contributed by atoms with Gasteiger partial charge in [0.15, 0.2) is 0 Å². The van der Waals surface area contributed by atoms with Crippen LogP contribution in [-0.4, -0.2) is 38.3 Å². The van der Waals surface area contributed by atoms with Crippen molar-refractivity contribution >= 4 is 0 Å². The molecule has 0 rings (SSSR count). The first-order chi connectivity index (χ1) is 7.24. The second-order valence-corrected chi connectivity index (χ2v) is 4.35. The molecule has 0 aliphatic rings. The summed E-state index contributed by atoms with van der Waals surface area (Å²) in [4.78, 5) is 2.43. The van der Waals surface area contributed by atoms with E-state index in [0.29, 0.717) is 0 Å². The van der Waals surface area contributed by atoms with Crippen LogP contribution in [0.5, 0.6) is 0 Å². The first-order valence-corrected chi connectivity index (χ1v) is 6.50. The zero-order chi connectivity index (χ0) is 11.5. The van der Waals surface area contributed by atoms with E-state index in [1.54, 1.807) is 0 Å². The maximum atomic E-state index is 5.41. The molecule has 0 bridgehead atoms. The first-order valence-electron chi connectivity index (χ1n) is 6.50. The van der Waals surface area contributed by atoms with Gasteiger partial charge >= 0.3 is 0 Å². The zero-order valence-corrected chi connectivity index (χ0v) is 11.1. The largest absolute Gasteiger partial charge is 0.382 e. The van der Waals surface area contributed by atoms with Gasteiger partial charge in [-0.3, -0.25) is 0 Å². The predicted molar refractivity (Wildman–Crippen MR) is 67.3 cm³/mol. The Balaban J connectivity index is 3.51. The summed E-state index contributed by atoms with van der Waals surface area (Å²) in [5.74, 6) is 0.843. The van der Waals surface area contributed by atoms with Gasteiger partial charge in [-0.05, 0) is 52.2 Å². The predicted octanol–water partition coefficient (Wildman–Crippen LogP) is 3.17. The van der Waals surface area contributed by atoms with Gasteiger partial charge in [0.2, 0.25) is 0 Å². The maximum absolute atomic E-state index is 5.41. The summed E-state index contributed by atoms with van der Waals surface area (Å²) in [5, 5.41) is 0. The summed E-state index contributed by atoms with van der Waals surface area (Å²) in [5.41, 5.74) is 0. The Bertz CT molecular complexity index is 128. The van der Waals surface area contributed by atoms with Gasteiger partial charge in [-0.15, -0.1) is 0 Å². The molecule has 15 heavy (non-hydrogen) atoms. The average molecular weight is 215 g/mol. The summed E-state index contributed by atoms with van der Waals surface area (Å²) < 4.78 is 5.41. The molecule has 0 aromatic heterocycles. The smallest absolute Gasteiger partial charge is 0.0468 e. The van der Waals surface area contributed by atoms with E-state index in [1.165, 1.54) is 38.8 Å². The molecule has 0 aromatic rings. The Hall–Kier alpha value is -0.0800. The highest BCUT2D eigenvalue weighted by Gasteiger charge is 2.07. The van der Waals surface area contributed by atoms with Crippen LogP contribution in [0.3, 0.4) is 0 Å². The summed E-state index contributed by atoms with van der Waals surface area (Å²) in [7, 11) is 2.22. The van der Waals surface area contributed by atoms with Gasteiger partial charge in [-0.25, -0.2) is 0 Å². The lowest BCUT2D eigenvalue weighted by molar-refractivity contribution is 0.127. The second-order valence-electron chi connectivity index (χ2n) is 4.35. The van der Waals surface area contributed by atoms with Crippen molar-refractivity contribution in [3.05, 3.63) is 0 Å². The highest BCUT2D eigenvalue weighted by molar-refractivity contribution is 4.60. The van der Waals surface area contributed by atoms with Crippen LogP contribution in [0.2, 0.25) is 0 Å². The standard InChI is InChI=1S/C13H29NO/c1-5-10-14(4)11-8-13(6-2)9-12-15-7-3/h13H,5-12H2,1-4H3. The van der Waals surface area contributed by atoms with E-state index in [4.69, 9.17) is 4.74 Å². The third-order valence-electron chi connectivity index (χ3n) is 2.98. The van der Waals surface area contributed by atoms with E-state index in [0.717, 1.165) is 19.1 Å². The van der Waals surface area contributed by atoms with Crippen molar-refractivity contribution in [3.8, 4) is 0 Å². The summed E-state index contributed by atoms with van der Waals surface area (Å²) >= 11 is 0. The topological polar surface area (TPSA) is 12.5 Å². The molecule has 92 valence electrons. The quantitative estimate of drug-likeness (QED) is 0.519. The van der Waals surface area contributed by atoms with Crippen molar-refractivity contribution < 1.29 is 4.74 Å². The number of hydrogen-bond donors (Lipinski definition) is 0. The minimum absolute atomic E-state index is 0.843. The van der Waals surface area contributed by atoms with Gasteiger partial charge in [0, 0.05) is 13.2 Å². The van der Waals surface area contributed by atoms with Crippen molar-refractivity contribution in [2.45, 2.75) is 46.5 Å². The van der Waals surface area contributed by atoms with Crippen LogP contribution in [0.15, 0.2) is 0 Å². The molecule has 0 aliphatic heterocycles. The monoisotopic (exact) mass is 215 g/mol. The Kier molecular flexibility index (Phi) is 10.4. The number of hydrogen-bond acceptors (Lipinski definition) is 2. The summed E-state index contributed by atoms with van der Waals surface area (Å²) in [6, 6.07) is 0. The molecule has 0 aromatic carbocycles. The molecule has 0 spiro atoms. The molecule has 0 N–H and O–H groups in total. The van der Waals surface area contributed by atoms with Crippen molar-refractivity contribution in [2.24, 2.45) is 5.92 Å². The Morgan fingerprint density at radius 2 is 1.80 bits per heavy atom. The SMILES string of the molecule is CCCN(C)CCC(CC)CCOCC. The molecular weight excluding hydrogens is 186 g/mol. The minimum Gasteiger partial charge on any atom is -0.382 e. The maximum Gasteiger partial charge on any atom is 0.0468 e.